The molecule has 1 aliphatic rings. The van der Waals surface area contributed by atoms with Crippen LogP contribution in [0.3, 0.4) is 0 Å². The molecule has 0 aliphatic carbocycles. The average molecular weight is 195 g/mol. The number of rotatable bonds is 1. The zero-order chi connectivity index (χ0) is 9.10. The van der Waals surface area contributed by atoms with Crippen LogP contribution in [0.2, 0.25) is 0 Å². The van der Waals surface area contributed by atoms with Crippen LogP contribution in [0.25, 0.3) is 0 Å². The van der Waals surface area contributed by atoms with Gasteiger partial charge in [0.25, 0.3) is 0 Å². The van der Waals surface area contributed by atoms with Crippen LogP contribution in [-0.4, -0.2) is 31.3 Å². The molecule has 68 valence electrons. The van der Waals surface area contributed by atoms with Crippen LogP contribution >= 0.6 is 11.3 Å². The second-order valence-corrected chi connectivity index (χ2v) is 3.56. The lowest BCUT2D eigenvalue weighted by Gasteiger charge is -2.25. The summed E-state index contributed by atoms with van der Waals surface area (Å²) >= 11 is 1.52. The topological polar surface area (TPSA) is 49.2 Å². The zero-order valence-corrected chi connectivity index (χ0v) is 7.88. The van der Waals surface area contributed by atoms with E-state index in [1.165, 1.54) is 11.3 Å². The van der Waals surface area contributed by atoms with Gasteiger partial charge in [-0.3, -0.25) is 0 Å². The molecule has 0 radical (unpaired) electrons. The molecule has 0 saturated carbocycles. The molecular formula is C8H9N3OS. The van der Waals surface area contributed by atoms with Gasteiger partial charge in [-0.1, -0.05) is 0 Å². The fourth-order valence-corrected chi connectivity index (χ4v) is 2.02. The van der Waals surface area contributed by atoms with Gasteiger partial charge in [-0.2, -0.15) is 5.26 Å². The van der Waals surface area contributed by atoms with Crippen molar-refractivity contribution in [1.29, 1.82) is 5.26 Å². The van der Waals surface area contributed by atoms with Crippen molar-refractivity contribution >= 4 is 16.5 Å². The first kappa shape index (κ1) is 8.48. The molecule has 1 saturated heterocycles. The number of morpholine rings is 1. The van der Waals surface area contributed by atoms with Gasteiger partial charge in [0, 0.05) is 18.5 Å². The Kier molecular flexibility index (Phi) is 2.43. The molecule has 0 spiro atoms. The Morgan fingerprint density at radius 2 is 2.31 bits per heavy atom. The number of hydrogen-bond donors (Lipinski definition) is 0. The summed E-state index contributed by atoms with van der Waals surface area (Å²) in [6, 6.07) is 2.03. The Hall–Kier alpha value is -1.12. The van der Waals surface area contributed by atoms with Crippen LogP contribution in [0.4, 0.5) is 5.13 Å². The molecule has 0 amide bonds. The van der Waals surface area contributed by atoms with Crippen molar-refractivity contribution in [3.63, 3.8) is 0 Å². The van der Waals surface area contributed by atoms with Crippen molar-refractivity contribution in [3.05, 3.63) is 11.1 Å². The van der Waals surface area contributed by atoms with E-state index in [4.69, 9.17) is 10.00 Å². The quantitative estimate of drug-likeness (QED) is 0.666. The molecule has 1 aliphatic heterocycles. The van der Waals surface area contributed by atoms with Crippen molar-refractivity contribution in [1.82, 2.24) is 4.98 Å². The van der Waals surface area contributed by atoms with Gasteiger partial charge in [-0.25, -0.2) is 4.98 Å². The number of nitrogens with zero attached hydrogens (tertiary/aromatic N) is 3. The fraction of sp³-hybridized carbons (Fsp3) is 0.500. The molecule has 0 N–H and O–H groups in total. The van der Waals surface area contributed by atoms with E-state index in [9.17, 15) is 0 Å². The van der Waals surface area contributed by atoms with Crippen LogP contribution in [-0.2, 0) is 4.74 Å². The summed E-state index contributed by atoms with van der Waals surface area (Å²) in [5, 5.41) is 11.3. The van der Waals surface area contributed by atoms with E-state index in [0.29, 0.717) is 5.69 Å². The standard InChI is InChI=1S/C8H9N3OS/c9-5-7-6-13-8(10-7)11-1-3-12-4-2-11/h6H,1-4H2. The predicted molar refractivity (Wildman–Crippen MR) is 49.9 cm³/mol. The number of thiazole rings is 1. The molecule has 0 aromatic carbocycles. The van der Waals surface area contributed by atoms with Crippen LogP contribution in [0.5, 0.6) is 0 Å². The maximum atomic E-state index is 8.60. The van der Waals surface area contributed by atoms with E-state index in [1.54, 1.807) is 5.38 Å². The average Bonchev–Trinajstić information content (AvgIpc) is 2.67. The highest BCUT2D eigenvalue weighted by Gasteiger charge is 2.14. The largest absolute Gasteiger partial charge is 0.378 e. The van der Waals surface area contributed by atoms with E-state index in [2.05, 4.69) is 9.88 Å². The molecule has 1 aromatic heterocycles. The third-order valence-electron chi connectivity index (χ3n) is 1.89. The smallest absolute Gasteiger partial charge is 0.186 e. The molecule has 13 heavy (non-hydrogen) atoms. The Bertz CT molecular complexity index is 324. The summed E-state index contributed by atoms with van der Waals surface area (Å²) in [6.45, 7) is 3.25. The van der Waals surface area contributed by atoms with Gasteiger partial charge >= 0.3 is 0 Å². The van der Waals surface area contributed by atoms with E-state index in [-0.39, 0.29) is 0 Å². The first-order valence-corrected chi connectivity index (χ1v) is 4.96. The normalized spacial score (nSPS) is 17.0. The molecule has 1 fully saturated rings. The minimum atomic E-state index is 0.506. The van der Waals surface area contributed by atoms with Gasteiger partial charge in [0.15, 0.2) is 10.8 Å². The number of nitriles is 1. The second kappa shape index (κ2) is 3.73. The van der Waals surface area contributed by atoms with Crippen molar-refractivity contribution in [2.75, 3.05) is 31.2 Å². The summed E-state index contributed by atoms with van der Waals surface area (Å²) in [5.74, 6) is 0. The van der Waals surface area contributed by atoms with Gasteiger partial charge in [0.2, 0.25) is 0 Å². The highest BCUT2D eigenvalue weighted by atomic mass is 32.1. The van der Waals surface area contributed by atoms with Gasteiger partial charge in [-0.05, 0) is 0 Å². The third kappa shape index (κ3) is 1.79. The van der Waals surface area contributed by atoms with E-state index in [0.717, 1.165) is 31.4 Å². The molecule has 4 nitrogen and oxygen atoms in total. The summed E-state index contributed by atoms with van der Waals surface area (Å²) in [4.78, 5) is 6.33. The maximum Gasteiger partial charge on any atom is 0.186 e. The van der Waals surface area contributed by atoms with Crippen molar-refractivity contribution in [2.24, 2.45) is 0 Å². The lowest BCUT2D eigenvalue weighted by molar-refractivity contribution is 0.122. The molecule has 2 heterocycles. The fourth-order valence-electron chi connectivity index (χ4n) is 1.22. The van der Waals surface area contributed by atoms with Gasteiger partial charge in [0.05, 0.1) is 13.2 Å². The first-order valence-electron chi connectivity index (χ1n) is 4.08. The first-order chi connectivity index (χ1) is 6.40. The van der Waals surface area contributed by atoms with Crippen LogP contribution in [0.15, 0.2) is 5.38 Å². The van der Waals surface area contributed by atoms with E-state index < -0.39 is 0 Å². The lowest BCUT2D eigenvalue weighted by Crippen LogP contribution is -2.36. The van der Waals surface area contributed by atoms with Gasteiger partial charge in [0.1, 0.15) is 6.07 Å². The van der Waals surface area contributed by atoms with E-state index >= 15 is 0 Å². The monoisotopic (exact) mass is 195 g/mol. The Morgan fingerprint density at radius 3 is 2.92 bits per heavy atom. The minimum absolute atomic E-state index is 0.506. The minimum Gasteiger partial charge on any atom is -0.378 e. The van der Waals surface area contributed by atoms with Crippen LogP contribution in [0.1, 0.15) is 5.69 Å². The lowest BCUT2D eigenvalue weighted by atomic mass is 10.5. The number of anilines is 1. The Labute approximate surface area is 80.4 Å². The highest BCUT2D eigenvalue weighted by molar-refractivity contribution is 7.13. The van der Waals surface area contributed by atoms with Gasteiger partial charge < -0.3 is 9.64 Å². The molecule has 2 rings (SSSR count). The number of aromatic nitrogens is 1. The maximum absolute atomic E-state index is 8.60. The van der Waals surface area contributed by atoms with Crippen molar-refractivity contribution < 1.29 is 4.74 Å². The molecule has 0 unspecified atom stereocenters. The zero-order valence-electron chi connectivity index (χ0n) is 7.06. The Morgan fingerprint density at radius 1 is 1.54 bits per heavy atom. The highest BCUT2D eigenvalue weighted by Crippen LogP contribution is 2.20. The van der Waals surface area contributed by atoms with Crippen LogP contribution < -0.4 is 4.90 Å². The molecular weight excluding hydrogens is 186 g/mol. The molecule has 0 bridgehead atoms. The van der Waals surface area contributed by atoms with Crippen molar-refractivity contribution in [3.8, 4) is 6.07 Å². The summed E-state index contributed by atoms with van der Waals surface area (Å²) < 4.78 is 5.22. The van der Waals surface area contributed by atoms with E-state index in [1.807, 2.05) is 6.07 Å². The SMILES string of the molecule is N#Cc1csc(N2CCOCC2)n1. The Balaban J connectivity index is 2.11. The van der Waals surface area contributed by atoms with Gasteiger partial charge in [-0.15, -0.1) is 11.3 Å². The van der Waals surface area contributed by atoms with Crippen LogP contribution in [0, 0.1) is 11.3 Å². The summed E-state index contributed by atoms with van der Waals surface area (Å²) in [7, 11) is 0. The third-order valence-corrected chi connectivity index (χ3v) is 2.79. The summed E-state index contributed by atoms with van der Waals surface area (Å²) in [5.41, 5.74) is 0.506. The number of hydrogen-bond acceptors (Lipinski definition) is 5. The predicted octanol–water partition coefficient (Wildman–Crippen LogP) is 0.851. The molecule has 5 heteroatoms. The molecule has 0 atom stereocenters. The second-order valence-electron chi connectivity index (χ2n) is 2.73. The summed E-state index contributed by atoms with van der Waals surface area (Å²) in [6.07, 6.45) is 0. The number of ether oxygens (including phenoxy) is 1. The molecule has 1 aromatic rings. The van der Waals surface area contributed by atoms with Crippen molar-refractivity contribution in [2.45, 2.75) is 0 Å².